The summed E-state index contributed by atoms with van der Waals surface area (Å²) in [6, 6.07) is -1.05. The Balaban J connectivity index is 1.94. The van der Waals surface area contributed by atoms with Crippen molar-refractivity contribution in [3.8, 4) is 0 Å². The first-order valence-electron chi connectivity index (χ1n) is 6.72. The number of carboxylic acids is 1. The Hall–Kier alpha value is -2.05. The van der Waals surface area contributed by atoms with Crippen LogP contribution in [0.5, 0.6) is 0 Å². The van der Waals surface area contributed by atoms with Gasteiger partial charge in [0.05, 0.1) is 6.20 Å². The van der Waals surface area contributed by atoms with E-state index in [0.717, 1.165) is 12.0 Å². The summed E-state index contributed by atoms with van der Waals surface area (Å²) < 4.78 is 1.66. The zero-order valence-corrected chi connectivity index (χ0v) is 11.7. The molecule has 2 atom stereocenters. The zero-order chi connectivity index (χ0) is 14.7. The van der Waals surface area contributed by atoms with Gasteiger partial charge in [-0.3, -0.25) is 4.68 Å². The van der Waals surface area contributed by atoms with Crippen LogP contribution in [0.3, 0.4) is 0 Å². The number of likely N-dealkylation sites (tertiary alicyclic amines) is 1. The van der Waals surface area contributed by atoms with E-state index in [0.29, 0.717) is 25.4 Å². The van der Waals surface area contributed by atoms with Gasteiger partial charge in [-0.2, -0.15) is 5.10 Å². The molecule has 1 aliphatic heterocycles. The van der Waals surface area contributed by atoms with E-state index in [9.17, 15) is 14.7 Å². The second kappa shape index (κ2) is 5.94. The van der Waals surface area contributed by atoms with Gasteiger partial charge in [-0.25, -0.2) is 9.59 Å². The van der Waals surface area contributed by atoms with Crippen molar-refractivity contribution in [2.24, 2.45) is 13.0 Å². The fraction of sp³-hybridized carbons (Fsp3) is 0.615. The van der Waals surface area contributed by atoms with Crippen molar-refractivity contribution in [3.05, 3.63) is 18.0 Å². The first-order chi connectivity index (χ1) is 9.47. The number of amides is 2. The van der Waals surface area contributed by atoms with Crippen molar-refractivity contribution >= 4 is 12.0 Å². The lowest BCUT2D eigenvalue weighted by atomic mass is 9.93. The third-order valence-corrected chi connectivity index (χ3v) is 3.61. The number of carboxylic acid groups (broad SMARTS) is 1. The number of rotatable bonds is 3. The van der Waals surface area contributed by atoms with Gasteiger partial charge in [-0.1, -0.05) is 6.92 Å². The predicted octanol–water partition coefficient (Wildman–Crippen LogP) is 0.815. The van der Waals surface area contributed by atoms with Gasteiger partial charge in [0.1, 0.15) is 6.04 Å². The van der Waals surface area contributed by atoms with Crippen LogP contribution in [0.15, 0.2) is 12.4 Å². The maximum Gasteiger partial charge on any atom is 0.326 e. The normalized spacial score (nSPS) is 22.6. The van der Waals surface area contributed by atoms with Crippen LogP contribution in [-0.2, 0) is 18.4 Å². The molecule has 1 aromatic heterocycles. The Morgan fingerprint density at radius 2 is 2.30 bits per heavy atom. The van der Waals surface area contributed by atoms with E-state index in [4.69, 9.17) is 0 Å². The summed E-state index contributed by atoms with van der Waals surface area (Å²) in [7, 11) is 1.80. The van der Waals surface area contributed by atoms with Crippen LogP contribution in [-0.4, -0.2) is 44.4 Å². The van der Waals surface area contributed by atoms with Gasteiger partial charge in [0, 0.05) is 31.9 Å². The average Bonchev–Trinajstić information content (AvgIpc) is 2.81. The molecule has 0 radical (unpaired) electrons. The highest BCUT2D eigenvalue weighted by atomic mass is 16.4. The number of piperidine rings is 1. The number of aromatic nitrogens is 2. The summed E-state index contributed by atoms with van der Waals surface area (Å²) in [6.45, 7) is 2.85. The van der Waals surface area contributed by atoms with Crippen molar-refractivity contribution in [2.45, 2.75) is 32.4 Å². The number of carbonyl (C=O) groups excluding carboxylic acids is 1. The molecule has 2 heterocycles. The van der Waals surface area contributed by atoms with E-state index in [2.05, 4.69) is 10.4 Å². The van der Waals surface area contributed by atoms with Crippen molar-refractivity contribution < 1.29 is 14.7 Å². The molecule has 7 heteroatoms. The van der Waals surface area contributed by atoms with Gasteiger partial charge in [0.2, 0.25) is 0 Å². The highest BCUT2D eigenvalue weighted by Crippen LogP contribution is 2.22. The van der Waals surface area contributed by atoms with Gasteiger partial charge in [-0.05, 0) is 18.8 Å². The summed E-state index contributed by atoms with van der Waals surface area (Å²) in [5, 5.41) is 16.0. The molecule has 7 nitrogen and oxygen atoms in total. The molecule has 2 unspecified atom stereocenters. The molecule has 20 heavy (non-hydrogen) atoms. The van der Waals surface area contributed by atoms with E-state index in [-0.39, 0.29) is 6.03 Å². The van der Waals surface area contributed by atoms with E-state index in [1.54, 1.807) is 17.9 Å². The summed E-state index contributed by atoms with van der Waals surface area (Å²) >= 11 is 0. The van der Waals surface area contributed by atoms with Crippen LogP contribution in [0, 0.1) is 5.92 Å². The fourth-order valence-corrected chi connectivity index (χ4v) is 2.46. The fourth-order valence-electron chi connectivity index (χ4n) is 2.46. The minimum Gasteiger partial charge on any atom is -0.480 e. The third kappa shape index (κ3) is 3.28. The molecule has 2 amide bonds. The molecule has 2 N–H and O–H groups in total. The molecule has 1 saturated heterocycles. The average molecular weight is 280 g/mol. The molecule has 1 aromatic rings. The number of aliphatic carboxylic acids is 1. The lowest BCUT2D eigenvalue weighted by molar-refractivity contribution is -0.143. The number of hydrogen-bond acceptors (Lipinski definition) is 3. The Kier molecular flexibility index (Phi) is 4.26. The standard InChI is InChI=1S/C13H20N4O3/c1-9-3-4-17(11(5-9)12(18)19)13(20)14-6-10-7-15-16(2)8-10/h7-9,11H,3-6H2,1-2H3,(H,14,20)(H,18,19). The molecular weight excluding hydrogens is 260 g/mol. The number of urea groups is 1. The third-order valence-electron chi connectivity index (χ3n) is 3.61. The first kappa shape index (κ1) is 14.4. The Bertz CT molecular complexity index is 500. The second-order valence-electron chi connectivity index (χ2n) is 5.36. The van der Waals surface area contributed by atoms with E-state index in [1.807, 2.05) is 13.1 Å². The van der Waals surface area contributed by atoms with Crippen LogP contribution < -0.4 is 5.32 Å². The summed E-state index contributed by atoms with van der Waals surface area (Å²) in [6.07, 6.45) is 4.83. The highest BCUT2D eigenvalue weighted by molar-refractivity contribution is 5.82. The lowest BCUT2D eigenvalue weighted by Crippen LogP contribution is -2.53. The molecule has 0 saturated carbocycles. The molecule has 0 aromatic carbocycles. The second-order valence-corrected chi connectivity index (χ2v) is 5.36. The van der Waals surface area contributed by atoms with E-state index < -0.39 is 12.0 Å². The number of carbonyl (C=O) groups is 2. The van der Waals surface area contributed by atoms with Crippen molar-refractivity contribution in [1.82, 2.24) is 20.0 Å². The maximum absolute atomic E-state index is 12.1. The molecule has 0 spiro atoms. The number of nitrogens with one attached hydrogen (secondary N) is 1. The first-order valence-corrected chi connectivity index (χ1v) is 6.72. The van der Waals surface area contributed by atoms with Crippen LogP contribution in [0.4, 0.5) is 4.79 Å². The maximum atomic E-state index is 12.1. The molecule has 1 fully saturated rings. The summed E-state index contributed by atoms with van der Waals surface area (Å²) in [4.78, 5) is 24.8. The van der Waals surface area contributed by atoms with Crippen molar-refractivity contribution in [2.75, 3.05) is 6.54 Å². The van der Waals surface area contributed by atoms with E-state index in [1.165, 1.54) is 4.90 Å². The number of aryl methyl sites for hydroxylation is 1. The van der Waals surface area contributed by atoms with Crippen LogP contribution in [0.2, 0.25) is 0 Å². The van der Waals surface area contributed by atoms with Crippen LogP contribution in [0.25, 0.3) is 0 Å². The SMILES string of the molecule is CC1CCN(C(=O)NCc2cnn(C)c2)C(C(=O)O)C1. The number of hydrogen-bond donors (Lipinski definition) is 2. The van der Waals surface area contributed by atoms with E-state index >= 15 is 0 Å². The number of nitrogens with zero attached hydrogens (tertiary/aromatic N) is 3. The minimum atomic E-state index is -0.937. The molecule has 110 valence electrons. The monoisotopic (exact) mass is 280 g/mol. The van der Waals surface area contributed by atoms with Crippen LogP contribution >= 0.6 is 0 Å². The van der Waals surface area contributed by atoms with Gasteiger partial charge in [0.15, 0.2) is 0 Å². The zero-order valence-electron chi connectivity index (χ0n) is 11.7. The van der Waals surface area contributed by atoms with Crippen LogP contribution in [0.1, 0.15) is 25.3 Å². The molecular formula is C13H20N4O3. The quantitative estimate of drug-likeness (QED) is 0.858. The highest BCUT2D eigenvalue weighted by Gasteiger charge is 2.34. The topological polar surface area (TPSA) is 87.5 Å². The Morgan fingerprint density at radius 3 is 2.90 bits per heavy atom. The minimum absolute atomic E-state index is 0.326. The lowest BCUT2D eigenvalue weighted by Gasteiger charge is -2.35. The summed E-state index contributed by atoms with van der Waals surface area (Å²) in [5.41, 5.74) is 0.887. The largest absolute Gasteiger partial charge is 0.480 e. The van der Waals surface area contributed by atoms with Gasteiger partial charge in [-0.15, -0.1) is 0 Å². The molecule has 0 bridgehead atoms. The Morgan fingerprint density at radius 1 is 1.55 bits per heavy atom. The van der Waals surface area contributed by atoms with Crippen molar-refractivity contribution in [1.29, 1.82) is 0 Å². The van der Waals surface area contributed by atoms with Gasteiger partial charge < -0.3 is 15.3 Å². The molecule has 0 aliphatic carbocycles. The van der Waals surface area contributed by atoms with Gasteiger partial charge in [0.25, 0.3) is 0 Å². The molecule has 2 rings (SSSR count). The Labute approximate surface area is 117 Å². The summed E-state index contributed by atoms with van der Waals surface area (Å²) in [5.74, 6) is -0.605. The smallest absolute Gasteiger partial charge is 0.326 e. The predicted molar refractivity (Wildman–Crippen MR) is 72.0 cm³/mol. The van der Waals surface area contributed by atoms with Gasteiger partial charge >= 0.3 is 12.0 Å². The van der Waals surface area contributed by atoms with Crippen molar-refractivity contribution in [3.63, 3.8) is 0 Å². The molecule has 1 aliphatic rings.